The smallest absolute Gasteiger partial charge is 0.184 e. The van der Waals surface area contributed by atoms with Crippen molar-refractivity contribution in [2.45, 2.75) is 37.8 Å². The van der Waals surface area contributed by atoms with Gasteiger partial charge in [0.15, 0.2) is 12.6 Å². The molecule has 25 heavy (non-hydrogen) atoms. The summed E-state index contributed by atoms with van der Waals surface area (Å²) in [4.78, 5) is 2.65. The highest BCUT2D eigenvalue weighted by atomic mass is 16.7. The molecule has 0 spiro atoms. The largest absolute Gasteiger partial charge is 0.395 e. The Morgan fingerprint density at radius 1 is 1.44 bits per heavy atom. The summed E-state index contributed by atoms with van der Waals surface area (Å²) < 4.78 is 22.9. The molecule has 1 aliphatic rings. The number of rotatable bonds is 9. The van der Waals surface area contributed by atoms with Crippen LogP contribution >= 0.6 is 0 Å². The number of nitrogens with two attached hydrogens (primary N) is 1. The number of ether oxygens (including phenoxy) is 4. The lowest BCUT2D eigenvalue weighted by atomic mass is 10.1. The Morgan fingerprint density at radius 2 is 2.20 bits per heavy atom. The van der Waals surface area contributed by atoms with E-state index in [0.717, 1.165) is 5.56 Å². The fourth-order valence-corrected chi connectivity index (χ4v) is 2.35. The molecule has 0 saturated carbocycles. The lowest BCUT2D eigenvalue weighted by Gasteiger charge is -2.37. The van der Waals surface area contributed by atoms with Gasteiger partial charge in [0.1, 0.15) is 6.10 Å². The Labute approximate surface area is 146 Å². The molecule has 9 nitrogen and oxygen atoms in total. The highest BCUT2D eigenvalue weighted by Gasteiger charge is 2.33. The summed E-state index contributed by atoms with van der Waals surface area (Å²) in [5.41, 5.74) is 15.0. The average Bonchev–Trinajstić information content (AvgIpc) is 2.65. The van der Waals surface area contributed by atoms with E-state index in [9.17, 15) is 5.11 Å². The Balaban J connectivity index is 1.90. The van der Waals surface area contributed by atoms with Crippen molar-refractivity contribution >= 4 is 0 Å². The third kappa shape index (κ3) is 5.94. The molecule has 9 heteroatoms. The van der Waals surface area contributed by atoms with Crippen molar-refractivity contribution in [2.75, 3.05) is 26.4 Å². The first-order valence-corrected chi connectivity index (χ1v) is 8.12. The van der Waals surface area contributed by atoms with E-state index in [1.54, 1.807) is 0 Å². The quantitative estimate of drug-likeness (QED) is 0.227. The van der Waals surface area contributed by atoms with Gasteiger partial charge in [-0.05, 0) is 12.5 Å². The number of hydrogen-bond acceptors (Lipinski definition) is 7. The first-order valence-electron chi connectivity index (χ1n) is 8.12. The monoisotopic (exact) mass is 352 g/mol. The molecular formula is C16H24N4O5. The minimum atomic E-state index is -0.855. The third-order valence-electron chi connectivity index (χ3n) is 3.75. The maximum atomic E-state index is 9.26. The number of benzene rings is 1. The molecule has 138 valence electrons. The van der Waals surface area contributed by atoms with Gasteiger partial charge in [0.05, 0.1) is 32.0 Å². The van der Waals surface area contributed by atoms with Crippen LogP contribution in [0.3, 0.4) is 0 Å². The molecule has 2 unspecified atom stereocenters. The van der Waals surface area contributed by atoms with Gasteiger partial charge >= 0.3 is 0 Å². The van der Waals surface area contributed by atoms with Gasteiger partial charge in [-0.2, -0.15) is 0 Å². The van der Waals surface area contributed by atoms with Crippen LogP contribution in [0.1, 0.15) is 18.8 Å². The van der Waals surface area contributed by atoms with Gasteiger partial charge in [-0.1, -0.05) is 35.4 Å². The van der Waals surface area contributed by atoms with E-state index in [1.807, 2.05) is 37.3 Å². The van der Waals surface area contributed by atoms with Gasteiger partial charge < -0.3 is 29.8 Å². The molecule has 5 atom stereocenters. The fraction of sp³-hybridized carbons (Fsp3) is 0.625. The van der Waals surface area contributed by atoms with Crippen LogP contribution < -0.4 is 5.73 Å². The molecule has 0 aliphatic carbocycles. The highest BCUT2D eigenvalue weighted by molar-refractivity contribution is 5.16. The van der Waals surface area contributed by atoms with Crippen LogP contribution in [0.25, 0.3) is 10.4 Å². The molecule has 1 saturated heterocycles. The molecule has 1 aromatic rings. The molecule has 1 fully saturated rings. The van der Waals surface area contributed by atoms with Gasteiger partial charge in [-0.25, -0.2) is 0 Å². The van der Waals surface area contributed by atoms with E-state index in [-0.39, 0.29) is 25.9 Å². The van der Waals surface area contributed by atoms with Gasteiger partial charge in [-0.15, -0.1) is 0 Å². The normalized spacial score (nSPS) is 25.8. The number of hydrogen-bond donors (Lipinski definition) is 2. The van der Waals surface area contributed by atoms with E-state index < -0.39 is 24.7 Å². The lowest BCUT2D eigenvalue weighted by Crippen LogP contribution is -2.49. The van der Waals surface area contributed by atoms with Crippen molar-refractivity contribution in [1.82, 2.24) is 0 Å². The topological polar surface area (TPSA) is 132 Å². The van der Waals surface area contributed by atoms with Crippen molar-refractivity contribution in [3.05, 3.63) is 46.3 Å². The van der Waals surface area contributed by atoms with E-state index in [0.29, 0.717) is 6.61 Å². The predicted molar refractivity (Wildman–Crippen MR) is 89.4 cm³/mol. The lowest BCUT2D eigenvalue weighted by molar-refractivity contribution is -0.294. The van der Waals surface area contributed by atoms with E-state index in [1.165, 1.54) is 0 Å². The second-order valence-corrected chi connectivity index (χ2v) is 5.63. The molecular weight excluding hydrogens is 328 g/mol. The molecule has 1 aromatic carbocycles. The summed E-state index contributed by atoms with van der Waals surface area (Å²) in [5, 5.41) is 12.6. The predicted octanol–water partition coefficient (Wildman–Crippen LogP) is 1.48. The van der Waals surface area contributed by atoms with Crippen molar-refractivity contribution in [3.8, 4) is 0 Å². The van der Waals surface area contributed by atoms with Crippen molar-refractivity contribution in [2.24, 2.45) is 10.8 Å². The van der Waals surface area contributed by atoms with E-state index in [4.69, 9.17) is 30.2 Å². The Bertz CT molecular complexity index is 555. The second kappa shape index (κ2) is 10.3. The first-order chi connectivity index (χ1) is 12.2. The van der Waals surface area contributed by atoms with Gasteiger partial charge in [0, 0.05) is 17.0 Å². The molecule has 0 bridgehead atoms. The summed E-state index contributed by atoms with van der Waals surface area (Å²) in [6.45, 7) is 2.16. The summed E-state index contributed by atoms with van der Waals surface area (Å²) in [6, 6.07) is 8.90. The fourth-order valence-electron chi connectivity index (χ4n) is 2.35. The average molecular weight is 352 g/mol. The van der Waals surface area contributed by atoms with Crippen LogP contribution in [0, 0.1) is 0 Å². The van der Waals surface area contributed by atoms with Crippen LogP contribution in [0.2, 0.25) is 0 Å². The second-order valence-electron chi connectivity index (χ2n) is 5.63. The summed E-state index contributed by atoms with van der Waals surface area (Å²) in [7, 11) is 0. The minimum Gasteiger partial charge on any atom is -0.395 e. The Kier molecular flexibility index (Phi) is 8.10. The summed E-state index contributed by atoms with van der Waals surface area (Å²) in [6.07, 6.45) is -1.96. The van der Waals surface area contributed by atoms with Crippen LogP contribution in [-0.4, -0.2) is 56.0 Å². The number of azide groups is 1. The molecule has 0 amide bonds. The Morgan fingerprint density at radius 3 is 2.84 bits per heavy atom. The van der Waals surface area contributed by atoms with Gasteiger partial charge in [-0.3, -0.25) is 0 Å². The van der Waals surface area contributed by atoms with Crippen molar-refractivity contribution in [1.29, 1.82) is 0 Å². The summed E-state index contributed by atoms with van der Waals surface area (Å²) in [5.74, 6) is 0. The zero-order chi connectivity index (χ0) is 18.1. The van der Waals surface area contributed by atoms with Crippen LogP contribution in [0.4, 0.5) is 0 Å². The first kappa shape index (κ1) is 19.6. The van der Waals surface area contributed by atoms with E-state index >= 15 is 0 Å². The Hall–Kier alpha value is -1.71. The zero-order valence-corrected chi connectivity index (χ0v) is 14.1. The maximum absolute atomic E-state index is 9.26. The molecule has 1 aliphatic heterocycles. The maximum Gasteiger partial charge on any atom is 0.184 e. The van der Waals surface area contributed by atoms with Crippen molar-refractivity contribution < 1.29 is 24.1 Å². The van der Waals surface area contributed by atoms with Gasteiger partial charge in [0.25, 0.3) is 0 Å². The molecule has 1 heterocycles. The highest BCUT2D eigenvalue weighted by Crippen LogP contribution is 2.28. The third-order valence-corrected chi connectivity index (χ3v) is 3.75. The van der Waals surface area contributed by atoms with Crippen LogP contribution in [0.5, 0.6) is 0 Å². The zero-order valence-electron chi connectivity index (χ0n) is 14.1. The van der Waals surface area contributed by atoms with E-state index in [2.05, 4.69) is 10.0 Å². The SMILES string of the molecule is C[C@@H]1OC(c2ccccc2)OCC1O[C@H](OCCN=[N+]=[N-])[C@@H](N)CO. The number of aliphatic hydroxyl groups excluding tert-OH is 1. The molecule has 2 rings (SSSR count). The molecule has 0 radical (unpaired) electrons. The molecule has 0 aromatic heterocycles. The van der Waals surface area contributed by atoms with Gasteiger partial charge in [0.2, 0.25) is 0 Å². The van der Waals surface area contributed by atoms with Crippen LogP contribution in [0.15, 0.2) is 35.4 Å². The van der Waals surface area contributed by atoms with Crippen LogP contribution in [-0.2, 0) is 18.9 Å². The molecule has 3 N–H and O–H groups in total. The number of nitrogens with zero attached hydrogens (tertiary/aromatic N) is 3. The van der Waals surface area contributed by atoms with Crippen molar-refractivity contribution in [3.63, 3.8) is 0 Å². The minimum absolute atomic E-state index is 0.137. The summed E-state index contributed by atoms with van der Waals surface area (Å²) >= 11 is 0. The standard InChI is InChI=1S/C16H24N4O5/c1-11-14(10-23-15(24-11)12-5-3-2-4-6-12)25-16(13(17)9-21)22-8-7-19-20-18/h2-6,11,13-16,21H,7-10,17H2,1H3/t11-,13-,14?,15?,16-/m0/s1. The number of aliphatic hydroxyl groups is 1.